The minimum absolute atomic E-state index is 0.367. The minimum Gasteiger partial charge on any atom is -0.505 e. The number of benzene rings is 1. The molecule has 0 saturated carbocycles. The Labute approximate surface area is 118 Å². The second kappa shape index (κ2) is 6.93. The normalized spacial score (nSPS) is 11.6. The van der Waals surface area contributed by atoms with Crippen LogP contribution in [0.25, 0.3) is 6.08 Å². The van der Waals surface area contributed by atoms with Crippen LogP contribution in [0.5, 0.6) is 5.75 Å². The van der Waals surface area contributed by atoms with Crippen molar-refractivity contribution in [1.82, 2.24) is 5.32 Å². The number of hydrogen-bond donors (Lipinski definition) is 2. The van der Waals surface area contributed by atoms with Gasteiger partial charge in [-0.25, -0.2) is 9.18 Å². The molecule has 0 unspecified atom stereocenters. The molecule has 0 radical (unpaired) electrons. The summed E-state index contributed by atoms with van der Waals surface area (Å²) in [7, 11) is 0. The Balaban J connectivity index is 2.32. The molecule has 2 N–H and O–H groups in total. The van der Waals surface area contributed by atoms with Gasteiger partial charge in [0.25, 0.3) is 0 Å². The molecular weight excluding hydrogens is 261 g/mol. The number of rotatable bonds is 4. The predicted octanol–water partition coefficient (Wildman–Crippen LogP) is 3.46. The Bertz CT molecular complexity index is 492. The Morgan fingerprint density at radius 3 is 2.75 bits per heavy atom. The van der Waals surface area contributed by atoms with Crippen molar-refractivity contribution in [3.05, 3.63) is 35.7 Å². The van der Waals surface area contributed by atoms with Gasteiger partial charge in [-0.2, -0.15) is 0 Å². The lowest BCUT2D eigenvalue weighted by molar-refractivity contribution is 0.0529. The van der Waals surface area contributed by atoms with Gasteiger partial charge in [-0.1, -0.05) is 18.2 Å². The summed E-state index contributed by atoms with van der Waals surface area (Å²) in [6, 6.07) is 4.15. The van der Waals surface area contributed by atoms with E-state index in [1.807, 2.05) is 6.08 Å². The van der Waals surface area contributed by atoms with Gasteiger partial charge in [0.15, 0.2) is 11.6 Å². The first kappa shape index (κ1) is 16.0. The molecule has 110 valence electrons. The average Bonchev–Trinajstić information content (AvgIpc) is 2.31. The Kier molecular flexibility index (Phi) is 5.55. The number of carbonyl (C=O) groups excluding carboxylic acids is 1. The molecule has 0 aliphatic rings. The van der Waals surface area contributed by atoms with Crippen LogP contribution in [-0.4, -0.2) is 23.3 Å². The van der Waals surface area contributed by atoms with E-state index in [1.54, 1.807) is 32.9 Å². The lowest BCUT2D eigenvalue weighted by atomic mass is 10.2. The van der Waals surface area contributed by atoms with Crippen molar-refractivity contribution in [2.45, 2.75) is 32.8 Å². The number of aromatic hydroxyl groups is 1. The molecule has 20 heavy (non-hydrogen) atoms. The number of nitrogens with one attached hydrogen (secondary N) is 1. The van der Waals surface area contributed by atoms with E-state index in [-0.39, 0.29) is 5.75 Å². The Morgan fingerprint density at radius 1 is 1.45 bits per heavy atom. The number of phenolic OH excluding ortho intramolecular Hbond substituents is 1. The summed E-state index contributed by atoms with van der Waals surface area (Å²) in [6.45, 7) is 5.83. The zero-order valence-electron chi connectivity index (χ0n) is 11.9. The molecular formula is C15H20FNO3. The van der Waals surface area contributed by atoms with Crippen molar-refractivity contribution in [1.29, 1.82) is 0 Å². The molecule has 0 aliphatic heterocycles. The SMILES string of the molecule is CC(C)(C)OC(=O)NCCC=Cc1ccc(O)c(F)c1. The van der Waals surface area contributed by atoms with Gasteiger partial charge >= 0.3 is 6.09 Å². The van der Waals surface area contributed by atoms with Crippen molar-refractivity contribution >= 4 is 12.2 Å². The van der Waals surface area contributed by atoms with E-state index >= 15 is 0 Å². The largest absolute Gasteiger partial charge is 0.505 e. The predicted molar refractivity (Wildman–Crippen MR) is 76.0 cm³/mol. The molecule has 5 heteroatoms. The first-order chi connectivity index (χ1) is 9.28. The number of phenols is 1. The first-order valence-corrected chi connectivity index (χ1v) is 6.40. The molecule has 0 heterocycles. The summed E-state index contributed by atoms with van der Waals surface area (Å²) >= 11 is 0. The summed E-state index contributed by atoms with van der Waals surface area (Å²) in [6.07, 6.45) is 3.67. The van der Waals surface area contributed by atoms with E-state index in [0.29, 0.717) is 18.5 Å². The van der Waals surface area contributed by atoms with Crippen LogP contribution in [0.3, 0.4) is 0 Å². The van der Waals surface area contributed by atoms with Gasteiger partial charge in [-0.15, -0.1) is 0 Å². The zero-order valence-corrected chi connectivity index (χ0v) is 11.9. The molecule has 0 bridgehead atoms. The monoisotopic (exact) mass is 281 g/mol. The molecule has 0 saturated heterocycles. The number of ether oxygens (including phenoxy) is 1. The van der Waals surface area contributed by atoms with Gasteiger partial charge in [0, 0.05) is 6.54 Å². The van der Waals surface area contributed by atoms with E-state index in [9.17, 15) is 9.18 Å². The number of alkyl carbamates (subject to hydrolysis) is 1. The van der Waals surface area contributed by atoms with Crippen LogP contribution in [-0.2, 0) is 4.74 Å². The van der Waals surface area contributed by atoms with Crippen molar-refractivity contribution in [3.63, 3.8) is 0 Å². The quantitative estimate of drug-likeness (QED) is 0.831. The van der Waals surface area contributed by atoms with Crippen LogP contribution in [0.4, 0.5) is 9.18 Å². The molecule has 0 fully saturated rings. The topological polar surface area (TPSA) is 58.6 Å². The van der Waals surface area contributed by atoms with Gasteiger partial charge in [-0.05, 0) is 44.9 Å². The highest BCUT2D eigenvalue weighted by molar-refractivity contribution is 5.67. The number of amides is 1. The number of hydrogen-bond acceptors (Lipinski definition) is 3. The van der Waals surface area contributed by atoms with E-state index in [1.165, 1.54) is 12.1 Å². The van der Waals surface area contributed by atoms with Gasteiger partial charge in [-0.3, -0.25) is 0 Å². The third-order valence-corrected chi connectivity index (χ3v) is 2.26. The molecule has 4 nitrogen and oxygen atoms in total. The van der Waals surface area contributed by atoms with Gasteiger partial charge < -0.3 is 15.2 Å². The maximum absolute atomic E-state index is 13.1. The van der Waals surface area contributed by atoms with E-state index in [0.717, 1.165) is 0 Å². The summed E-state index contributed by atoms with van der Waals surface area (Å²) < 4.78 is 18.1. The Morgan fingerprint density at radius 2 is 2.15 bits per heavy atom. The van der Waals surface area contributed by atoms with Crippen LogP contribution in [0.15, 0.2) is 24.3 Å². The molecule has 1 rings (SSSR count). The second-order valence-corrected chi connectivity index (χ2v) is 5.33. The van der Waals surface area contributed by atoms with E-state index in [4.69, 9.17) is 9.84 Å². The summed E-state index contributed by atoms with van der Waals surface area (Å²) in [4.78, 5) is 11.3. The smallest absolute Gasteiger partial charge is 0.407 e. The summed E-state index contributed by atoms with van der Waals surface area (Å²) in [5, 5.41) is 11.7. The maximum Gasteiger partial charge on any atom is 0.407 e. The minimum atomic E-state index is -0.654. The second-order valence-electron chi connectivity index (χ2n) is 5.33. The van der Waals surface area contributed by atoms with Crippen molar-refractivity contribution in [2.75, 3.05) is 6.54 Å². The lowest BCUT2D eigenvalue weighted by Crippen LogP contribution is -2.32. The van der Waals surface area contributed by atoms with Crippen LogP contribution in [0.1, 0.15) is 32.8 Å². The molecule has 1 amide bonds. The molecule has 1 aromatic rings. The van der Waals surface area contributed by atoms with Gasteiger partial charge in [0.2, 0.25) is 0 Å². The van der Waals surface area contributed by atoms with E-state index < -0.39 is 17.5 Å². The van der Waals surface area contributed by atoms with Gasteiger partial charge in [0.05, 0.1) is 0 Å². The average molecular weight is 281 g/mol. The lowest BCUT2D eigenvalue weighted by Gasteiger charge is -2.19. The Hall–Kier alpha value is -2.04. The maximum atomic E-state index is 13.1. The van der Waals surface area contributed by atoms with Crippen molar-refractivity contribution in [3.8, 4) is 5.75 Å². The van der Waals surface area contributed by atoms with Crippen LogP contribution in [0, 0.1) is 5.82 Å². The number of halogens is 1. The molecule has 1 aromatic carbocycles. The number of carbonyl (C=O) groups is 1. The highest BCUT2D eigenvalue weighted by Gasteiger charge is 2.15. The highest BCUT2D eigenvalue weighted by Crippen LogP contribution is 2.16. The highest BCUT2D eigenvalue weighted by atomic mass is 19.1. The zero-order chi connectivity index (χ0) is 15.2. The van der Waals surface area contributed by atoms with Crippen LogP contribution >= 0.6 is 0 Å². The molecule has 0 aromatic heterocycles. The van der Waals surface area contributed by atoms with E-state index in [2.05, 4.69) is 5.32 Å². The molecule has 0 aliphatic carbocycles. The standard InChI is InChI=1S/C15H20FNO3/c1-15(2,3)20-14(19)17-9-5-4-6-11-7-8-13(18)12(16)10-11/h4,6-8,10,18H,5,9H2,1-3H3,(H,17,19). The molecule has 0 spiro atoms. The molecule has 0 atom stereocenters. The van der Waals surface area contributed by atoms with Crippen LogP contribution in [0.2, 0.25) is 0 Å². The van der Waals surface area contributed by atoms with Gasteiger partial charge in [0.1, 0.15) is 5.60 Å². The summed E-state index contributed by atoms with van der Waals surface area (Å²) in [5.74, 6) is -1.02. The van der Waals surface area contributed by atoms with Crippen LogP contribution < -0.4 is 5.32 Å². The van der Waals surface area contributed by atoms with Crippen molar-refractivity contribution < 1.29 is 19.0 Å². The fourth-order valence-corrected chi connectivity index (χ4v) is 1.42. The van der Waals surface area contributed by atoms with Crippen molar-refractivity contribution in [2.24, 2.45) is 0 Å². The summed E-state index contributed by atoms with van der Waals surface area (Å²) in [5.41, 5.74) is 0.140. The first-order valence-electron chi connectivity index (χ1n) is 6.40. The third kappa shape index (κ3) is 6.22. The fraction of sp³-hybridized carbons (Fsp3) is 0.400. The third-order valence-electron chi connectivity index (χ3n) is 2.26. The fourth-order valence-electron chi connectivity index (χ4n) is 1.42.